The van der Waals surface area contributed by atoms with Gasteiger partial charge < -0.3 is 9.84 Å². The first-order valence-corrected chi connectivity index (χ1v) is 6.89. The lowest BCUT2D eigenvalue weighted by molar-refractivity contribution is -0.384. The lowest BCUT2D eigenvalue weighted by Crippen LogP contribution is -2.19. The maximum atomic E-state index is 10.5. The second-order valence-corrected chi connectivity index (χ2v) is 5.23. The summed E-state index contributed by atoms with van der Waals surface area (Å²) in [6.07, 6.45) is 0.0468. The van der Waals surface area contributed by atoms with Crippen LogP contribution in [-0.4, -0.2) is 22.1 Å². The number of hydrogen-bond acceptors (Lipinski definition) is 4. The van der Waals surface area contributed by atoms with E-state index in [2.05, 4.69) is 20.8 Å². The van der Waals surface area contributed by atoms with Gasteiger partial charge in [-0.25, -0.2) is 0 Å². The maximum Gasteiger partial charge on any atom is 0.307 e. The molecule has 6 heteroatoms. The van der Waals surface area contributed by atoms with Gasteiger partial charge in [-0.15, -0.1) is 0 Å². The molecule has 0 saturated carbocycles. The monoisotopic (exact) mass is 297 g/mol. The van der Waals surface area contributed by atoms with E-state index in [1.807, 2.05) is 6.92 Å². The molecular weight excluding hydrogens is 274 g/mol. The van der Waals surface area contributed by atoms with E-state index in [9.17, 15) is 14.9 Å². The molecule has 1 aromatic rings. The number of carboxylic acid groups (broad SMARTS) is 1. The molecule has 118 valence electrons. The van der Waals surface area contributed by atoms with Crippen molar-refractivity contribution in [1.29, 1.82) is 0 Å². The lowest BCUT2D eigenvalue weighted by atomic mass is 10.2. The first kappa shape index (κ1) is 18.9. The van der Waals surface area contributed by atoms with Crippen LogP contribution in [0.5, 0.6) is 5.75 Å². The quantitative estimate of drug-likeness (QED) is 0.635. The lowest BCUT2D eigenvalue weighted by Gasteiger charge is -2.15. The summed E-state index contributed by atoms with van der Waals surface area (Å²) in [5.41, 5.74) is -0.0244. The van der Waals surface area contributed by atoms with Gasteiger partial charge in [0.25, 0.3) is 5.69 Å². The first-order valence-electron chi connectivity index (χ1n) is 6.89. The standard InChI is InChI=1S/C11H13NO5.C4H10/c1-2-9(7-11(13)14)17-10-5-3-8(4-6-10)12(15)16;1-4(2)3/h3-6,9H,2,7H2,1H3,(H,13,14);4H,1-3H3. The molecule has 0 amide bonds. The Morgan fingerprint density at radius 3 is 2.10 bits per heavy atom. The van der Waals surface area contributed by atoms with Crippen LogP contribution in [0.3, 0.4) is 0 Å². The molecule has 0 bridgehead atoms. The molecule has 0 radical (unpaired) electrons. The molecule has 1 N–H and O–H groups in total. The largest absolute Gasteiger partial charge is 0.490 e. The van der Waals surface area contributed by atoms with Crippen LogP contribution in [0.1, 0.15) is 40.5 Å². The fourth-order valence-corrected chi connectivity index (χ4v) is 1.30. The number of non-ortho nitro benzene ring substituents is 1. The molecule has 1 rings (SSSR count). The molecule has 1 atom stereocenters. The Bertz CT molecular complexity index is 439. The fourth-order valence-electron chi connectivity index (χ4n) is 1.30. The zero-order valence-corrected chi connectivity index (χ0v) is 12.9. The van der Waals surface area contributed by atoms with Crippen LogP contribution < -0.4 is 4.74 Å². The number of nitro benzene ring substituents is 1. The zero-order chi connectivity index (χ0) is 16.4. The second kappa shape index (κ2) is 9.74. The molecule has 0 heterocycles. The van der Waals surface area contributed by atoms with Crippen molar-refractivity contribution in [3.05, 3.63) is 34.4 Å². The van der Waals surface area contributed by atoms with E-state index in [4.69, 9.17) is 9.84 Å². The first-order chi connectivity index (χ1) is 9.76. The summed E-state index contributed by atoms with van der Waals surface area (Å²) in [4.78, 5) is 20.5. The van der Waals surface area contributed by atoms with Crippen molar-refractivity contribution in [2.24, 2.45) is 5.92 Å². The molecule has 0 aliphatic carbocycles. The van der Waals surface area contributed by atoms with E-state index in [0.29, 0.717) is 12.2 Å². The van der Waals surface area contributed by atoms with Crippen molar-refractivity contribution in [2.45, 2.75) is 46.6 Å². The number of benzene rings is 1. The minimum Gasteiger partial charge on any atom is -0.490 e. The van der Waals surface area contributed by atoms with Crippen molar-refractivity contribution in [2.75, 3.05) is 0 Å². The van der Waals surface area contributed by atoms with E-state index >= 15 is 0 Å². The molecule has 0 saturated heterocycles. The molecular formula is C15H23NO5. The summed E-state index contributed by atoms with van der Waals surface area (Å²) < 4.78 is 5.41. The number of aliphatic carboxylic acids is 1. The Balaban J connectivity index is 0.000000885. The number of nitrogens with zero attached hydrogens (tertiary/aromatic N) is 1. The van der Waals surface area contributed by atoms with Crippen molar-refractivity contribution in [3.63, 3.8) is 0 Å². The normalized spacial score (nSPS) is 11.3. The van der Waals surface area contributed by atoms with Crippen LogP contribution in [0.15, 0.2) is 24.3 Å². The van der Waals surface area contributed by atoms with Crippen LogP contribution in [0.2, 0.25) is 0 Å². The predicted molar refractivity (Wildman–Crippen MR) is 80.6 cm³/mol. The Kier molecular flexibility index (Phi) is 8.76. The molecule has 0 aliphatic rings. The summed E-state index contributed by atoms with van der Waals surface area (Å²) in [5, 5.41) is 19.1. The van der Waals surface area contributed by atoms with E-state index in [-0.39, 0.29) is 12.1 Å². The second-order valence-electron chi connectivity index (χ2n) is 5.23. The summed E-state index contributed by atoms with van der Waals surface area (Å²) >= 11 is 0. The van der Waals surface area contributed by atoms with Crippen LogP contribution in [-0.2, 0) is 4.79 Å². The van der Waals surface area contributed by atoms with Gasteiger partial charge in [-0.05, 0) is 24.5 Å². The predicted octanol–water partition coefficient (Wildman–Crippen LogP) is 3.89. The summed E-state index contributed by atoms with van der Waals surface area (Å²) in [6, 6.07) is 5.57. The third-order valence-electron chi connectivity index (χ3n) is 2.21. The Morgan fingerprint density at radius 2 is 1.76 bits per heavy atom. The van der Waals surface area contributed by atoms with Crippen molar-refractivity contribution in [1.82, 2.24) is 0 Å². The molecule has 0 spiro atoms. The molecule has 1 aromatic carbocycles. The third-order valence-corrected chi connectivity index (χ3v) is 2.21. The highest BCUT2D eigenvalue weighted by Crippen LogP contribution is 2.19. The topological polar surface area (TPSA) is 89.7 Å². The van der Waals surface area contributed by atoms with Crippen LogP contribution in [0.25, 0.3) is 0 Å². The number of rotatable bonds is 6. The minimum atomic E-state index is -0.932. The maximum absolute atomic E-state index is 10.5. The van der Waals surface area contributed by atoms with E-state index < -0.39 is 17.0 Å². The smallest absolute Gasteiger partial charge is 0.307 e. The molecule has 1 unspecified atom stereocenters. The van der Waals surface area contributed by atoms with Crippen LogP contribution in [0.4, 0.5) is 5.69 Å². The van der Waals surface area contributed by atoms with Crippen molar-refractivity contribution in [3.8, 4) is 5.75 Å². The van der Waals surface area contributed by atoms with Gasteiger partial charge in [0.1, 0.15) is 11.9 Å². The molecule has 0 fully saturated rings. The highest BCUT2D eigenvalue weighted by atomic mass is 16.6. The van der Waals surface area contributed by atoms with E-state index in [1.54, 1.807) is 0 Å². The van der Waals surface area contributed by atoms with Gasteiger partial charge in [-0.2, -0.15) is 0 Å². The van der Waals surface area contributed by atoms with Gasteiger partial charge in [0, 0.05) is 12.1 Å². The Labute approximate surface area is 124 Å². The summed E-state index contributed by atoms with van der Waals surface area (Å²) in [5.74, 6) is 0.336. The average Bonchev–Trinajstić information content (AvgIpc) is 2.37. The summed E-state index contributed by atoms with van der Waals surface area (Å²) in [6.45, 7) is 8.32. The van der Waals surface area contributed by atoms with Crippen LogP contribution >= 0.6 is 0 Å². The molecule has 21 heavy (non-hydrogen) atoms. The molecule has 0 aliphatic heterocycles. The van der Waals surface area contributed by atoms with Gasteiger partial charge in [-0.3, -0.25) is 14.9 Å². The van der Waals surface area contributed by atoms with Crippen LogP contribution in [0, 0.1) is 16.0 Å². The zero-order valence-electron chi connectivity index (χ0n) is 12.9. The van der Waals surface area contributed by atoms with Gasteiger partial charge in [-0.1, -0.05) is 27.7 Å². The summed E-state index contributed by atoms with van der Waals surface area (Å²) in [7, 11) is 0. The fraction of sp³-hybridized carbons (Fsp3) is 0.533. The molecule has 6 nitrogen and oxygen atoms in total. The van der Waals surface area contributed by atoms with E-state index in [1.165, 1.54) is 24.3 Å². The van der Waals surface area contributed by atoms with Gasteiger partial charge in [0.15, 0.2) is 0 Å². The molecule has 0 aromatic heterocycles. The van der Waals surface area contributed by atoms with Gasteiger partial charge in [0.05, 0.1) is 11.3 Å². The number of ether oxygens (including phenoxy) is 1. The average molecular weight is 297 g/mol. The number of carboxylic acids is 1. The Hall–Kier alpha value is -2.11. The van der Waals surface area contributed by atoms with Gasteiger partial charge in [0.2, 0.25) is 0 Å². The number of hydrogen-bond donors (Lipinski definition) is 1. The number of carbonyl (C=O) groups is 1. The highest BCUT2D eigenvalue weighted by molar-refractivity contribution is 5.67. The third kappa shape index (κ3) is 9.43. The number of nitro groups is 1. The van der Waals surface area contributed by atoms with E-state index in [0.717, 1.165) is 5.92 Å². The SMILES string of the molecule is CC(C)C.CCC(CC(=O)O)Oc1ccc([N+](=O)[O-])cc1. The Morgan fingerprint density at radius 1 is 1.29 bits per heavy atom. The van der Waals surface area contributed by atoms with Gasteiger partial charge >= 0.3 is 5.97 Å². The highest BCUT2D eigenvalue weighted by Gasteiger charge is 2.13. The minimum absolute atomic E-state index is 0.0244. The van der Waals surface area contributed by atoms with Crippen molar-refractivity contribution >= 4 is 11.7 Å². The van der Waals surface area contributed by atoms with Crippen molar-refractivity contribution < 1.29 is 19.6 Å².